The summed E-state index contributed by atoms with van der Waals surface area (Å²) in [5.41, 5.74) is 1.40. The number of halogens is 2. The Morgan fingerprint density at radius 2 is 1.93 bits per heavy atom. The lowest BCUT2D eigenvalue weighted by molar-refractivity contribution is 0.0954. The minimum atomic E-state index is -3.64. The van der Waals surface area contributed by atoms with Gasteiger partial charge in [-0.1, -0.05) is 6.07 Å². The van der Waals surface area contributed by atoms with Gasteiger partial charge < -0.3 is 10.6 Å². The molecule has 0 radical (unpaired) electrons. The Labute approximate surface area is 177 Å². The number of amides is 1. The minimum Gasteiger partial charge on any atom is -0.352 e. The molecule has 2 heterocycles. The maximum Gasteiger partial charge on any atom is 0.251 e. The monoisotopic (exact) mass is 446 g/mol. The molecule has 0 aliphatic carbocycles. The quantitative estimate of drug-likeness (QED) is 0.598. The third-order valence-electron chi connectivity index (χ3n) is 4.24. The number of rotatable bonds is 7. The number of pyridine rings is 1. The molecule has 0 saturated carbocycles. The van der Waals surface area contributed by atoms with Crippen molar-refractivity contribution in [1.29, 1.82) is 0 Å². The summed E-state index contributed by atoms with van der Waals surface area (Å²) in [5, 5.41) is 5.93. The number of carbonyl (C=O) groups excluding carboxylic acids is 1. The standard InChI is InChI=1S/C18H22N4O3S.2ClH/c23-18(21-11-6-14-4-8-19-9-5-14)15-2-1-3-17(12-15)26(24,25)22-16-7-10-20-13-16;;/h1-5,8-9,12,16,20,22H,6-7,10-11,13H2,(H,21,23);2*1H/t16-;;/m1../s1. The zero-order valence-electron chi connectivity index (χ0n) is 15.1. The zero-order chi connectivity index (χ0) is 18.4. The van der Waals surface area contributed by atoms with E-state index in [0.717, 1.165) is 18.5 Å². The number of carbonyl (C=O) groups is 1. The van der Waals surface area contributed by atoms with Gasteiger partial charge in [0.1, 0.15) is 0 Å². The van der Waals surface area contributed by atoms with E-state index in [4.69, 9.17) is 0 Å². The molecule has 3 rings (SSSR count). The lowest BCUT2D eigenvalue weighted by Gasteiger charge is -2.13. The molecule has 1 aromatic heterocycles. The van der Waals surface area contributed by atoms with Crippen molar-refractivity contribution in [2.24, 2.45) is 0 Å². The fourth-order valence-electron chi connectivity index (χ4n) is 2.82. The van der Waals surface area contributed by atoms with Gasteiger partial charge in [0.25, 0.3) is 5.91 Å². The molecule has 2 aromatic rings. The van der Waals surface area contributed by atoms with Gasteiger partial charge >= 0.3 is 0 Å². The molecule has 1 amide bonds. The Hall–Kier alpha value is -1.71. The van der Waals surface area contributed by atoms with Crippen LogP contribution < -0.4 is 15.4 Å². The van der Waals surface area contributed by atoms with E-state index in [1.807, 2.05) is 12.1 Å². The normalized spacial score (nSPS) is 15.9. The molecule has 10 heteroatoms. The highest BCUT2D eigenvalue weighted by molar-refractivity contribution is 7.89. The number of hydrogen-bond acceptors (Lipinski definition) is 5. The summed E-state index contributed by atoms with van der Waals surface area (Å²) in [6.45, 7) is 1.88. The Morgan fingerprint density at radius 3 is 2.61 bits per heavy atom. The number of nitrogens with zero attached hydrogens (tertiary/aromatic N) is 1. The van der Waals surface area contributed by atoms with Crippen molar-refractivity contribution in [1.82, 2.24) is 20.3 Å². The average molecular weight is 447 g/mol. The smallest absolute Gasteiger partial charge is 0.251 e. The van der Waals surface area contributed by atoms with Crippen LogP contribution in [-0.2, 0) is 16.4 Å². The van der Waals surface area contributed by atoms with E-state index in [1.165, 1.54) is 12.1 Å². The van der Waals surface area contributed by atoms with Crippen molar-refractivity contribution in [3.63, 3.8) is 0 Å². The number of aromatic nitrogens is 1. The second-order valence-corrected chi connectivity index (χ2v) is 7.91. The summed E-state index contributed by atoms with van der Waals surface area (Å²) in [6.07, 6.45) is 4.85. The van der Waals surface area contributed by atoms with Crippen LogP contribution in [0.3, 0.4) is 0 Å². The molecule has 28 heavy (non-hydrogen) atoms. The van der Waals surface area contributed by atoms with E-state index in [0.29, 0.717) is 25.1 Å². The molecule has 0 bridgehead atoms. The summed E-state index contributed by atoms with van der Waals surface area (Å²) >= 11 is 0. The molecule has 1 atom stereocenters. The molecule has 3 N–H and O–H groups in total. The first-order valence-electron chi connectivity index (χ1n) is 8.55. The number of hydrogen-bond donors (Lipinski definition) is 3. The van der Waals surface area contributed by atoms with Crippen LogP contribution in [-0.4, -0.2) is 45.0 Å². The van der Waals surface area contributed by atoms with Gasteiger partial charge in [-0.2, -0.15) is 0 Å². The second kappa shape index (κ2) is 11.3. The van der Waals surface area contributed by atoms with Gasteiger partial charge in [-0.15, -0.1) is 24.8 Å². The Morgan fingerprint density at radius 1 is 1.18 bits per heavy atom. The lowest BCUT2D eigenvalue weighted by atomic mass is 10.2. The first-order chi connectivity index (χ1) is 12.5. The maximum atomic E-state index is 12.5. The largest absolute Gasteiger partial charge is 0.352 e. The highest BCUT2D eigenvalue weighted by atomic mass is 35.5. The highest BCUT2D eigenvalue weighted by Crippen LogP contribution is 2.13. The van der Waals surface area contributed by atoms with Crippen LogP contribution in [0.25, 0.3) is 0 Å². The van der Waals surface area contributed by atoms with Crippen molar-refractivity contribution in [3.8, 4) is 0 Å². The van der Waals surface area contributed by atoms with Gasteiger partial charge in [-0.05, 0) is 55.3 Å². The maximum absolute atomic E-state index is 12.5. The van der Waals surface area contributed by atoms with Gasteiger partial charge in [0.05, 0.1) is 4.90 Å². The Kier molecular flexibility index (Phi) is 9.84. The molecule has 1 aliphatic heterocycles. The number of sulfonamides is 1. The van der Waals surface area contributed by atoms with Crippen LogP contribution in [0.5, 0.6) is 0 Å². The highest BCUT2D eigenvalue weighted by Gasteiger charge is 2.23. The van der Waals surface area contributed by atoms with Crippen molar-refractivity contribution < 1.29 is 13.2 Å². The molecule has 0 unspecified atom stereocenters. The molecule has 7 nitrogen and oxygen atoms in total. The fourth-order valence-corrected chi connectivity index (χ4v) is 4.14. The topological polar surface area (TPSA) is 100 Å². The van der Waals surface area contributed by atoms with E-state index in [9.17, 15) is 13.2 Å². The average Bonchev–Trinajstić information content (AvgIpc) is 3.15. The minimum absolute atomic E-state index is 0. The summed E-state index contributed by atoms with van der Waals surface area (Å²) < 4.78 is 27.6. The first-order valence-corrected chi connectivity index (χ1v) is 10.0. The van der Waals surface area contributed by atoms with Crippen molar-refractivity contribution in [2.75, 3.05) is 19.6 Å². The van der Waals surface area contributed by atoms with E-state index < -0.39 is 10.0 Å². The van der Waals surface area contributed by atoms with Crippen molar-refractivity contribution in [2.45, 2.75) is 23.8 Å². The summed E-state index contributed by atoms with van der Waals surface area (Å²) in [4.78, 5) is 16.4. The van der Waals surface area contributed by atoms with Crippen LogP contribution in [0, 0.1) is 0 Å². The van der Waals surface area contributed by atoms with Crippen LogP contribution in [0.4, 0.5) is 0 Å². The predicted molar refractivity (Wildman–Crippen MR) is 113 cm³/mol. The van der Waals surface area contributed by atoms with E-state index >= 15 is 0 Å². The Bertz CT molecular complexity index is 860. The van der Waals surface area contributed by atoms with E-state index in [2.05, 4.69) is 20.3 Å². The molecule has 1 aliphatic rings. The fraction of sp³-hybridized carbons (Fsp3) is 0.333. The molecule has 154 valence electrons. The van der Waals surface area contributed by atoms with Crippen LogP contribution in [0.1, 0.15) is 22.3 Å². The summed E-state index contributed by atoms with van der Waals surface area (Å²) in [5.74, 6) is -0.293. The van der Waals surface area contributed by atoms with Crippen molar-refractivity contribution >= 4 is 40.7 Å². The second-order valence-electron chi connectivity index (χ2n) is 6.20. The van der Waals surface area contributed by atoms with Gasteiger partial charge in [0.15, 0.2) is 0 Å². The summed E-state index contributed by atoms with van der Waals surface area (Å²) in [6, 6.07) is 9.77. The van der Waals surface area contributed by atoms with Gasteiger partial charge in [0, 0.05) is 37.1 Å². The molecular formula is C18H24Cl2N4O3S. The zero-order valence-corrected chi connectivity index (χ0v) is 17.6. The predicted octanol–water partition coefficient (Wildman–Crippen LogP) is 1.54. The molecule has 1 saturated heterocycles. The number of nitrogens with one attached hydrogen (secondary N) is 3. The molecule has 0 spiro atoms. The molecular weight excluding hydrogens is 423 g/mol. The third-order valence-corrected chi connectivity index (χ3v) is 5.76. The van der Waals surface area contributed by atoms with Gasteiger partial charge in [-0.3, -0.25) is 9.78 Å². The van der Waals surface area contributed by atoms with Gasteiger partial charge in [-0.25, -0.2) is 13.1 Å². The van der Waals surface area contributed by atoms with Crippen LogP contribution >= 0.6 is 24.8 Å². The first kappa shape index (κ1) is 24.3. The van der Waals surface area contributed by atoms with E-state index in [1.54, 1.807) is 24.5 Å². The van der Waals surface area contributed by atoms with Crippen molar-refractivity contribution in [3.05, 3.63) is 59.9 Å². The van der Waals surface area contributed by atoms with E-state index in [-0.39, 0.29) is 41.7 Å². The molecule has 1 aromatic carbocycles. The van der Waals surface area contributed by atoms with Crippen LogP contribution in [0.15, 0.2) is 53.7 Å². The van der Waals surface area contributed by atoms with Gasteiger partial charge in [0.2, 0.25) is 10.0 Å². The lowest BCUT2D eigenvalue weighted by Crippen LogP contribution is -2.36. The SMILES string of the molecule is Cl.Cl.O=C(NCCc1ccncc1)c1cccc(S(=O)(=O)N[C@@H]2CCNC2)c1. The van der Waals surface area contributed by atoms with Crippen LogP contribution in [0.2, 0.25) is 0 Å². The molecule has 1 fully saturated rings. The Balaban J connectivity index is 0.00000196. The summed E-state index contributed by atoms with van der Waals surface area (Å²) in [7, 11) is -3.64. The number of benzene rings is 1. The third kappa shape index (κ3) is 6.72.